The molecular formula is C14H25N3O2. The average Bonchev–Trinajstić information content (AvgIpc) is 2.82. The third-order valence-corrected chi connectivity index (χ3v) is 3.89. The van der Waals surface area contributed by atoms with Gasteiger partial charge in [0.2, 0.25) is 0 Å². The van der Waals surface area contributed by atoms with Crippen LogP contribution in [0.15, 0.2) is 6.07 Å². The van der Waals surface area contributed by atoms with Crippen molar-refractivity contribution in [1.29, 1.82) is 0 Å². The Balaban J connectivity index is 2.74. The van der Waals surface area contributed by atoms with Gasteiger partial charge in [0.1, 0.15) is 5.69 Å². The molecule has 5 heteroatoms. The van der Waals surface area contributed by atoms with Crippen molar-refractivity contribution < 1.29 is 9.90 Å². The van der Waals surface area contributed by atoms with Gasteiger partial charge in [-0.15, -0.1) is 0 Å². The lowest BCUT2D eigenvalue weighted by Gasteiger charge is -2.29. The zero-order valence-corrected chi connectivity index (χ0v) is 12.4. The van der Waals surface area contributed by atoms with Gasteiger partial charge < -0.3 is 10.4 Å². The standard InChI is InChI=1S/C14H25N3O2/c1-5-14(6-2,10-18)9-15-13(19)12-8-11(4)16-17(12)7-3/h8,18H,5-7,9-10H2,1-4H3,(H,15,19). The number of nitrogens with zero attached hydrogens (tertiary/aromatic N) is 2. The van der Waals surface area contributed by atoms with Crippen molar-refractivity contribution in [2.24, 2.45) is 5.41 Å². The molecule has 1 heterocycles. The minimum Gasteiger partial charge on any atom is -0.396 e. The van der Waals surface area contributed by atoms with E-state index in [0.29, 0.717) is 18.8 Å². The maximum absolute atomic E-state index is 12.2. The van der Waals surface area contributed by atoms with E-state index in [2.05, 4.69) is 10.4 Å². The van der Waals surface area contributed by atoms with Gasteiger partial charge >= 0.3 is 0 Å². The SMILES string of the molecule is CCn1nc(C)cc1C(=O)NCC(CC)(CC)CO. The van der Waals surface area contributed by atoms with Gasteiger partial charge in [0.05, 0.1) is 12.3 Å². The molecule has 1 rings (SSSR count). The van der Waals surface area contributed by atoms with Crippen molar-refractivity contribution in [2.75, 3.05) is 13.2 Å². The molecule has 0 aliphatic rings. The van der Waals surface area contributed by atoms with Gasteiger partial charge in [-0.3, -0.25) is 9.48 Å². The summed E-state index contributed by atoms with van der Waals surface area (Å²) < 4.78 is 1.70. The summed E-state index contributed by atoms with van der Waals surface area (Å²) in [7, 11) is 0. The van der Waals surface area contributed by atoms with Gasteiger partial charge in [-0.05, 0) is 32.8 Å². The highest BCUT2D eigenvalue weighted by Crippen LogP contribution is 2.24. The molecule has 0 aromatic carbocycles. The van der Waals surface area contributed by atoms with Crippen molar-refractivity contribution in [1.82, 2.24) is 15.1 Å². The van der Waals surface area contributed by atoms with Gasteiger partial charge in [-0.1, -0.05) is 13.8 Å². The van der Waals surface area contributed by atoms with Crippen LogP contribution in [0.2, 0.25) is 0 Å². The fourth-order valence-electron chi connectivity index (χ4n) is 2.11. The average molecular weight is 267 g/mol. The molecule has 0 saturated heterocycles. The monoisotopic (exact) mass is 267 g/mol. The van der Waals surface area contributed by atoms with Crippen LogP contribution in [0.25, 0.3) is 0 Å². The smallest absolute Gasteiger partial charge is 0.269 e. The highest BCUT2D eigenvalue weighted by Gasteiger charge is 2.26. The fraction of sp³-hybridized carbons (Fsp3) is 0.714. The molecule has 108 valence electrons. The summed E-state index contributed by atoms with van der Waals surface area (Å²) in [6.07, 6.45) is 1.68. The number of aliphatic hydroxyl groups is 1. The van der Waals surface area contributed by atoms with Crippen LogP contribution in [0, 0.1) is 12.3 Å². The van der Waals surface area contributed by atoms with Gasteiger partial charge in [-0.25, -0.2) is 0 Å². The van der Waals surface area contributed by atoms with E-state index in [1.54, 1.807) is 10.7 Å². The molecule has 0 unspecified atom stereocenters. The molecular weight excluding hydrogens is 242 g/mol. The molecule has 0 spiro atoms. The Bertz CT molecular complexity index is 414. The van der Waals surface area contributed by atoms with Crippen LogP contribution < -0.4 is 5.32 Å². The van der Waals surface area contributed by atoms with Crippen LogP contribution >= 0.6 is 0 Å². The molecule has 0 radical (unpaired) electrons. The van der Waals surface area contributed by atoms with Crippen molar-refractivity contribution in [3.63, 3.8) is 0 Å². The number of aryl methyl sites for hydroxylation is 2. The molecule has 0 aliphatic heterocycles. The van der Waals surface area contributed by atoms with Crippen LogP contribution in [0.4, 0.5) is 0 Å². The Hall–Kier alpha value is -1.36. The van der Waals surface area contributed by atoms with Gasteiger partial charge in [0.25, 0.3) is 5.91 Å². The van der Waals surface area contributed by atoms with Crippen molar-refractivity contribution in [3.05, 3.63) is 17.5 Å². The number of rotatable bonds is 7. The first kappa shape index (κ1) is 15.7. The maximum atomic E-state index is 12.2. The summed E-state index contributed by atoms with van der Waals surface area (Å²) in [6, 6.07) is 1.79. The van der Waals surface area contributed by atoms with E-state index < -0.39 is 0 Å². The Morgan fingerprint density at radius 3 is 2.53 bits per heavy atom. The molecule has 0 atom stereocenters. The highest BCUT2D eigenvalue weighted by molar-refractivity contribution is 5.92. The molecule has 0 bridgehead atoms. The number of carbonyl (C=O) groups excluding carboxylic acids is 1. The summed E-state index contributed by atoms with van der Waals surface area (Å²) in [6.45, 7) is 9.15. The summed E-state index contributed by atoms with van der Waals surface area (Å²) in [5, 5.41) is 16.7. The number of carbonyl (C=O) groups is 1. The third kappa shape index (κ3) is 3.56. The molecule has 5 nitrogen and oxygen atoms in total. The predicted molar refractivity (Wildman–Crippen MR) is 75.1 cm³/mol. The predicted octanol–water partition coefficient (Wildman–Crippen LogP) is 1.74. The van der Waals surface area contributed by atoms with E-state index in [-0.39, 0.29) is 17.9 Å². The van der Waals surface area contributed by atoms with Crippen molar-refractivity contribution >= 4 is 5.91 Å². The van der Waals surface area contributed by atoms with Gasteiger partial charge in [0.15, 0.2) is 0 Å². The molecule has 1 amide bonds. The summed E-state index contributed by atoms with van der Waals surface area (Å²) in [4.78, 5) is 12.2. The Morgan fingerprint density at radius 1 is 1.42 bits per heavy atom. The van der Waals surface area contributed by atoms with Crippen LogP contribution in [-0.2, 0) is 6.54 Å². The molecule has 0 aliphatic carbocycles. The van der Waals surface area contributed by atoms with E-state index in [9.17, 15) is 9.90 Å². The topological polar surface area (TPSA) is 67.2 Å². The Morgan fingerprint density at radius 2 is 2.05 bits per heavy atom. The number of aromatic nitrogens is 2. The number of aliphatic hydroxyl groups excluding tert-OH is 1. The molecule has 1 aromatic heterocycles. The number of hydrogen-bond acceptors (Lipinski definition) is 3. The number of amides is 1. The van der Waals surface area contributed by atoms with Crippen LogP contribution in [0.5, 0.6) is 0 Å². The Kier molecular flexibility index (Phi) is 5.54. The second kappa shape index (κ2) is 6.70. The first-order chi connectivity index (χ1) is 9.01. The molecule has 0 saturated carbocycles. The van der Waals surface area contributed by atoms with Crippen LogP contribution in [0.3, 0.4) is 0 Å². The van der Waals surface area contributed by atoms with E-state index in [0.717, 1.165) is 18.5 Å². The summed E-state index contributed by atoms with van der Waals surface area (Å²) >= 11 is 0. The second-order valence-electron chi connectivity index (χ2n) is 5.03. The second-order valence-corrected chi connectivity index (χ2v) is 5.03. The van der Waals surface area contributed by atoms with E-state index >= 15 is 0 Å². The lowest BCUT2D eigenvalue weighted by Crippen LogP contribution is -2.40. The zero-order valence-electron chi connectivity index (χ0n) is 12.4. The van der Waals surface area contributed by atoms with Crippen LogP contribution in [0.1, 0.15) is 49.8 Å². The lowest BCUT2D eigenvalue weighted by molar-refractivity contribution is 0.0842. The van der Waals surface area contributed by atoms with Gasteiger partial charge in [0, 0.05) is 18.5 Å². The molecule has 0 fully saturated rings. The first-order valence-corrected chi connectivity index (χ1v) is 6.95. The third-order valence-electron chi connectivity index (χ3n) is 3.89. The molecule has 19 heavy (non-hydrogen) atoms. The summed E-state index contributed by atoms with van der Waals surface area (Å²) in [5.74, 6) is -0.123. The normalized spacial score (nSPS) is 11.6. The Labute approximate surface area is 115 Å². The fourth-order valence-corrected chi connectivity index (χ4v) is 2.11. The van der Waals surface area contributed by atoms with Gasteiger partial charge in [-0.2, -0.15) is 5.10 Å². The first-order valence-electron chi connectivity index (χ1n) is 6.95. The maximum Gasteiger partial charge on any atom is 0.269 e. The molecule has 2 N–H and O–H groups in total. The van der Waals surface area contributed by atoms with Crippen molar-refractivity contribution in [3.8, 4) is 0 Å². The summed E-state index contributed by atoms with van der Waals surface area (Å²) in [5.41, 5.74) is 1.20. The largest absolute Gasteiger partial charge is 0.396 e. The van der Waals surface area contributed by atoms with E-state index in [1.807, 2.05) is 27.7 Å². The number of hydrogen-bond donors (Lipinski definition) is 2. The van der Waals surface area contributed by atoms with Crippen molar-refractivity contribution in [2.45, 2.75) is 47.1 Å². The van der Waals surface area contributed by atoms with E-state index in [4.69, 9.17) is 0 Å². The minimum absolute atomic E-state index is 0.0896. The minimum atomic E-state index is -0.220. The quantitative estimate of drug-likeness (QED) is 0.790. The highest BCUT2D eigenvalue weighted by atomic mass is 16.3. The van der Waals surface area contributed by atoms with Crippen LogP contribution in [-0.4, -0.2) is 33.9 Å². The zero-order chi connectivity index (χ0) is 14.5. The lowest BCUT2D eigenvalue weighted by atomic mass is 9.83. The van der Waals surface area contributed by atoms with E-state index in [1.165, 1.54) is 0 Å². The molecule has 1 aromatic rings. The number of nitrogens with one attached hydrogen (secondary N) is 1.